The van der Waals surface area contributed by atoms with Crippen LogP contribution in [0, 0.1) is 18.8 Å². The van der Waals surface area contributed by atoms with Crippen LogP contribution in [0.4, 0.5) is 10.5 Å². The van der Waals surface area contributed by atoms with Crippen molar-refractivity contribution in [3.63, 3.8) is 0 Å². The molecular formula is C28H34N4O2. The fourth-order valence-electron chi connectivity index (χ4n) is 4.73. The largest absolute Gasteiger partial charge is 0.341 e. The molecule has 0 radical (unpaired) electrons. The smallest absolute Gasteiger partial charge is 0.319 e. The summed E-state index contributed by atoms with van der Waals surface area (Å²) in [6.07, 6.45) is 3.02. The number of hydrogen-bond donors (Lipinski definition) is 2. The maximum atomic E-state index is 13.3. The van der Waals surface area contributed by atoms with Gasteiger partial charge in [-0.05, 0) is 55.7 Å². The molecule has 2 heterocycles. The van der Waals surface area contributed by atoms with Crippen LogP contribution in [-0.4, -0.2) is 41.0 Å². The van der Waals surface area contributed by atoms with Crippen LogP contribution in [0.3, 0.4) is 0 Å². The Balaban J connectivity index is 1.37. The first-order chi connectivity index (χ1) is 16.4. The summed E-state index contributed by atoms with van der Waals surface area (Å²) >= 11 is 0. The van der Waals surface area contributed by atoms with E-state index in [1.54, 1.807) is 0 Å². The van der Waals surface area contributed by atoms with E-state index in [4.69, 9.17) is 0 Å². The molecule has 1 saturated heterocycles. The van der Waals surface area contributed by atoms with Crippen molar-refractivity contribution in [3.05, 3.63) is 71.9 Å². The molecule has 2 N–H and O–H groups in total. The molecule has 0 aliphatic carbocycles. The zero-order chi connectivity index (χ0) is 24.1. The van der Waals surface area contributed by atoms with Gasteiger partial charge in [-0.3, -0.25) is 9.78 Å². The maximum absolute atomic E-state index is 13.3. The Bertz CT molecular complexity index is 1140. The van der Waals surface area contributed by atoms with Crippen LogP contribution < -0.4 is 10.6 Å². The van der Waals surface area contributed by atoms with Gasteiger partial charge in [-0.2, -0.15) is 0 Å². The number of nitrogens with one attached hydrogen (secondary N) is 2. The summed E-state index contributed by atoms with van der Waals surface area (Å²) in [7, 11) is 0. The molecule has 3 amide bonds. The quantitative estimate of drug-likeness (QED) is 0.535. The molecule has 1 aliphatic rings. The minimum absolute atomic E-state index is 0.000854. The highest BCUT2D eigenvalue weighted by atomic mass is 16.2. The van der Waals surface area contributed by atoms with Crippen LogP contribution in [0.15, 0.2) is 60.7 Å². The molecule has 34 heavy (non-hydrogen) atoms. The van der Waals surface area contributed by atoms with Crippen LogP contribution in [-0.2, 0) is 11.2 Å². The molecule has 1 aromatic heterocycles. The topological polar surface area (TPSA) is 74.3 Å². The Kier molecular flexibility index (Phi) is 7.46. The van der Waals surface area contributed by atoms with Crippen molar-refractivity contribution in [1.82, 2.24) is 15.2 Å². The predicted octanol–water partition coefficient (Wildman–Crippen LogP) is 5.17. The number of pyridine rings is 1. The van der Waals surface area contributed by atoms with Gasteiger partial charge in [0.25, 0.3) is 0 Å². The summed E-state index contributed by atoms with van der Waals surface area (Å²) in [5.74, 6) is 0.568. The van der Waals surface area contributed by atoms with Crippen LogP contribution in [0.5, 0.6) is 0 Å². The number of urea groups is 1. The van der Waals surface area contributed by atoms with Gasteiger partial charge in [-0.1, -0.05) is 62.4 Å². The lowest BCUT2D eigenvalue weighted by molar-refractivity contribution is -0.135. The van der Waals surface area contributed by atoms with E-state index in [1.807, 2.05) is 62.1 Å². The fraction of sp³-hybridized carbons (Fsp3) is 0.393. The number of piperidine rings is 1. The fourth-order valence-corrected chi connectivity index (χ4v) is 4.73. The second-order valence-electron chi connectivity index (χ2n) is 9.61. The van der Waals surface area contributed by atoms with E-state index in [1.165, 1.54) is 5.56 Å². The Morgan fingerprint density at radius 1 is 1.03 bits per heavy atom. The number of rotatable bonds is 6. The molecule has 2 aromatic carbocycles. The van der Waals surface area contributed by atoms with Gasteiger partial charge in [-0.15, -0.1) is 0 Å². The highest BCUT2D eigenvalue weighted by Crippen LogP contribution is 2.24. The van der Waals surface area contributed by atoms with Gasteiger partial charge >= 0.3 is 6.03 Å². The van der Waals surface area contributed by atoms with Gasteiger partial charge in [0, 0.05) is 24.2 Å². The predicted molar refractivity (Wildman–Crippen MR) is 137 cm³/mol. The number of aromatic nitrogens is 1. The van der Waals surface area contributed by atoms with Crippen LogP contribution in [0.2, 0.25) is 0 Å². The molecule has 1 atom stereocenters. The van der Waals surface area contributed by atoms with E-state index in [9.17, 15) is 9.59 Å². The number of hydrogen-bond acceptors (Lipinski definition) is 3. The minimum atomic E-state index is -0.570. The molecule has 1 aliphatic heterocycles. The first-order valence-electron chi connectivity index (χ1n) is 12.2. The standard InChI is InChI=1S/C28H34N4O2/c1-19(2)26(27(33)32-15-13-22(14-16-32)18-21-9-5-4-6-10-21)31-28(34)30-25-17-20(3)29-24-12-8-7-11-23(24)25/h4-12,17,19,22,26H,13-16,18H2,1-3H3,(H2,29,30,31,34). The number of para-hydroxylation sites is 1. The lowest BCUT2D eigenvalue weighted by Crippen LogP contribution is -2.53. The van der Waals surface area contributed by atoms with Gasteiger partial charge in [0.2, 0.25) is 5.91 Å². The van der Waals surface area contributed by atoms with E-state index in [0.717, 1.165) is 48.9 Å². The zero-order valence-electron chi connectivity index (χ0n) is 20.3. The number of anilines is 1. The van der Waals surface area contributed by atoms with Gasteiger partial charge in [-0.25, -0.2) is 4.79 Å². The third-order valence-electron chi connectivity index (χ3n) is 6.61. The molecule has 6 heteroatoms. The van der Waals surface area contributed by atoms with Gasteiger partial charge in [0.1, 0.15) is 6.04 Å². The summed E-state index contributed by atoms with van der Waals surface area (Å²) in [5.41, 5.74) is 3.69. The molecule has 1 fully saturated rings. The molecule has 4 rings (SSSR count). The Labute approximate surface area is 201 Å². The van der Waals surface area contributed by atoms with E-state index in [2.05, 4.69) is 39.9 Å². The average molecular weight is 459 g/mol. The number of likely N-dealkylation sites (tertiary alicyclic amines) is 1. The van der Waals surface area contributed by atoms with E-state index in [-0.39, 0.29) is 17.9 Å². The van der Waals surface area contributed by atoms with Crippen molar-refractivity contribution < 1.29 is 9.59 Å². The number of amides is 3. The SMILES string of the molecule is Cc1cc(NC(=O)NC(C(=O)N2CCC(Cc3ccccc3)CC2)C(C)C)c2ccccc2n1. The van der Waals surface area contributed by atoms with Crippen molar-refractivity contribution in [1.29, 1.82) is 0 Å². The van der Waals surface area contributed by atoms with Crippen LogP contribution >= 0.6 is 0 Å². The number of aryl methyl sites for hydroxylation is 1. The van der Waals surface area contributed by atoms with Crippen molar-refractivity contribution in [2.45, 2.75) is 46.1 Å². The second-order valence-corrected chi connectivity index (χ2v) is 9.61. The monoisotopic (exact) mass is 458 g/mol. The van der Waals surface area contributed by atoms with Gasteiger partial charge in [0.05, 0.1) is 11.2 Å². The summed E-state index contributed by atoms with van der Waals surface area (Å²) in [6.45, 7) is 7.30. The minimum Gasteiger partial charge on any atom is -0.341 e. The van der Waals surface area contributed by atoms with Crippen LogP contribution in [0.25, 0.3) is 10.9 Å². The summed E-state index contributed by atoms with van der Waals surface area (Å²) < 4.78 is 0. The summed E-state index contributed by atoms with van der Waals surface area (Å²) in [5, 5.41) is 6.75. The normalized spacial score (nSPS) is 15.4. The number of nitrogens with zero attached hydrogens (tertiary/aromatic N) is 2. The van der Waals surface area contributed by atoms with E-state index >= 15 is 0 Å². The lowest BCUT2D eigenvalue weighted by Gasteiger charge is -2.35. The second kappa shape index (κ2) is 10.7. The first-order valence-corrected chi connectivity index (χ1v) is 12.2. The molecular weight excluding hydrogens is 424 g/mol. The molecule has 1 unspecified atom stereocenters. The molecule has 0 saturated carbocycles. The molecule has 178 valence electrons. The maximum Gasteiger partial charge on any atom is 0.319 e. The number of fused-ring (bicyclic) bond motifs is 1. The highest BCUT2D eigenvalue weighted by Gasteiger charge is 2.31. The van der Waals surface area contributed by atoms with Crippen molar-refractivity contribution in [2.24, 2.45) is 11.8 Å². The van der Waals surface area contributed by atoms with E-state index < -0.39 is 6.04 Å². The van der Waals surface area contributed by atoms with Crippen molar-refractivity contribution in [3.8, 4) is 0 Å². The number of carbonyl (C=O) groups is 2. The molecule has 6 nitrogen and oxygen atoms in total. The highest BCUT2D eigenvalue weighted by molar-refractivity contribution is 6.01. The number of benzene rings is 2. The zero-order valence-corrected chi connectivity index (χ0v) is 20.3. The first kappa shape index (κ1) is 23.7. The van der Waals surface area contributed by atoms with Crippen LogP contribution in [0.1, 0.15) is 37.9 Å². The van der Waals surface area contributed by atoms with Crippen molar-refractivity contribution in [2.75, 3.05) is 18.4 Å². The lowest BCUT2D eigenvalue weighted by atomic mass is 9.89. The Morgan fingerprint density at radius 2 is 1.71 bits per heavy atom. The van der Waals surface area contributed by atoms with Gasteiger partial charge < -0.3 is 15.5 Å². The summed E-state index contributed by atoms with van der Waals surface area (Å²) in [6, 6.07) is 19.1. The van der Waals surface area contributed by atoms with E-state index in [0.29, 0.717) is 11.6 Å². The Hall–Kier alpha value is -3.41. The average Bonchev–Trinajstić information content (AvgIpc) is 2.83. The molecule has 0 bridgehead atoms. The summed E-state index contributed by atoms with van der Waals surface area (Å²) in [4.78, 5) is 32.7. The molecule has 0 spiro atoms. The Morgan fingerprint density at radius 3 is 2.41 bits per heavy atom. The van der Waals surface area contributed by atoms with Crippen molar-refractivity contribution >= 4 is 28.5 Å². The third-order valence-corrected chi connectivity index (χ3v) is 6.61. The molecule has 3 aromatic rings. The number of carbonyl (C=O) groups excluding carboxylic acids is 2. The van der Waals surface area contributed by atoms with Gasteiger partial charge in [0.15, 0.2) is 0 Å². The third kappa shape index (κ3) is 5.74.